The molecular weight excluding hydrogens is 376 g/mol. The van der Waals surface area contributed by atoms with E-state index in [0.29, 0.717) is 17.4 Å². The average molecular weight is 396 g/mol. The molecule has 0 saturated heterocycles. The summed E-state index contributed by atoms with van der Waals surface area (Å²) in [6, 6.07) is 15.6. The third-order valence-corrected chi connectivity index (χ3v) is 5.41. The first-order valence-electron chi connectivity index (χ1n) is 9.96. The van der Waals surface area contributed by atoms with Crippen LogP contribution >= 0.6 is 0 Å². The molecule has 1 N–H and O–H groups in total. The number of aromatic nitrogens is 5. The normalized spacial score (nSPS) is 13.6. The molecule has 4 aromatic rings. The first-order chi connectivity index (χ1) is 14.8. The van der Waals surface area contributed by atoms with Crippen LogP contribution in [0.25, 0.3) is 22.5 Å². The summed E-state index contributed by atoms with van der Waals surface area (Å²) in [4.78, 5) is 21.2. The van der Waals surface area contributed by atoms with Gasteiger partial charge in [-0.15, -0.1) is 10.2 Å². The van der Waals surface area contributed by atoms with Gasteiger partial charge in [-0.05, 0) is 55.2 Å². The number of nitrogens with one attached hydrogen (secondary N) is 1. The number of nitrogens with zero attached hydrogens (tertiary/aromatic N) is 5. The number of rotatable bonds is 5. The van der Waals surface area contributed by atoms with Crippen molar-refractivity contribution in [1.82, 2.24) is 24.7 Å². The van der Waals surface area contributed by atoms with Gasteiger partial charge < -0.3 is 9.88 Å². The maximum absolute atomic E-state index is 12.8. The Morgan fingerprint density at radius 2 is 1.90 bits per heavy atom. The SMILES string of the molecule is O=C(Nc1cccc(-c2nncn2C2CCC2)c1)c1cc(-c2cccnc2)ccn1. The Kier molecular flexibility index (Phi) is 4.77. The van der Waals surface area contributed by atoms with Gasteiger partial charge in [-0.2, -0.15) is 0 Å². The minimum absolute atomic E-state index is 0.265. The Morgan fingerprint density at radius 1 is 1.00 bits per heavy atom. The summed E-state index contributed by atoms with van der Waals surface area (Å²) >= 11 is 0. The van der Waals surface area contributed by atoms with E-state index in [-0.39, 0.29) is 5.91 Å². The quantitative estimate of drug-likeness (QED) is 0.541. The lowest BCUT2D eigenvalue weighted by molar-refractivity contribution is 0.102. The van der Waals surface area contributed by atoms with Gasteiger partial charge in [0.15, 0.2) is 5.82 Å². The molecule has 0 radical (unpaired) electrons. The molecule has 148 valence electrons. The Bertz CT molecular complexity index is 1180. The fourth-order valence-corrected chi connectivity index (χ4v) is 3.58. The third-order valence-electron chi connectivity index (χ3n) is 5.41. The minimum Gasteiger partial charge on any atom is -0.321 e. The van der Waals surface area contributed by atoms with Gasteiger partial charge in [0.05, 0.1) is 0 Å². The van der Waals surface area contributed by atoms with E-state index < -0.39 is 0 Å². The minimum atomic E-state index is -0.265. The van der Waals surface area contributed by atoms with E-state index in [2.05, 4.69) is 30.0 Å². The lowest BCUT2D eigenvalue weighted by atomic mass is 9.92. The van der Waals surface area contributed by atoms with Crippen LogP contribution in [0.4, 0.5) is 5.69 Å². The van der Waals surface area contributed by atoms with Crippen molar-refractivity contribution in [1.29, 1.82) is 0 Å². The lowest BCUT2D eigenvalue weighted by Crippen LogP contribution is -2.17. The first-order valence-corrected chi connectivity index (χ1v) is 9.96. The highest BCUT2D eigenvalue weighted by Crippen LogP contribution is 2.34. The molecule has 0 aliphatic heterocycles. The Labute approximate surface area is 173 Å². The van der Waals surface area contributed by atoms with E-state index in [1.165, 1.54) is 6.42 Å². The van der Waals surface area contributed by atoms with E-state index in [0.717, 1.165) is 35.4 Å². The van der Waals surface area contributed by atoms with Gasteiger partial charge in [0.2, 0.25) is 0 Å². The highest BCUT2D eigenvalue weighted by Gasteiger charge is 2.23. The summed E-state index contributed by atoms with van der Waals surface area (Å²) in [5, 5.41) is 11.3. The predicted molar refractivity (Wildman–Crippen MR) is 114 cm³/mol. The molecule has 1 aliphatic carbocycles. The number of benzene rings is 1. The van der Waals surface area contributed by atoms with Crippen molar-refractivity contribution >= 4 is 11.6 Å². The zero-order chi connectivity index (χ0) is 20.3. The van der Waals surface area contributed by atoms with Crippen molar-refractivity contribution in [2.45, 2.75) is 25.3 Å². The van der Waals surface area contributed by atoms with Crippen LogP contribution in [0.3, 0.4) is 0 Å². The zero-order valence-corrected chi connectivity index (χ0v) is 16.3. The van der Waals surface area contributed by atoms with E-state index in [4.69, 9.17) is 0 Å². The molecule has 0 unspecified atom stereocenters. The van der Waals surface area contributed by atoms with Gasteiger partial charge in [-0.3, -0.25) is 14.8 Å². The van der Waals surface area contributed by atoms with Gasteiger partial charge in [0.1, 0.15) is 12.0 Å². The molecule has 1 aliphatic rings. The van der Waals surface area contributed by atoms with Crippen LogP contribution in [0.1, 0.15) is 35.8 Å². The van der Waals surface area contributed by atoms with Crippen molar-refractivity contribution < 1.29 is 4.79 Å². The zero-order valence-electron chi connectivity index (χ0n) is 16.3. The van der Waals surface area contributed by atoms with Crippen LogP contribution in [-0.2, 0) is 0 Å². The summed E-state index contributed by atoms with van der Waals surface area (Å²) < 4.78 is 2.13. The smallest absolute Gasteiger partial charge is 0.274 e. The molecule has 7 nitrogen and oxygen atoms in total. The highest BCUT2D eigenvalue weighted by atomic mass is 16.1. The number of carbonyl (C=O) groups is 1. The Hall–Kier alpha value is -3.87. The summed E-state index contributed by atoms with van der Waals surface area (Å²) in [5.41, 5.74) is 3.79. The van der Waals surface area contributed by atoms with E-state index in [9.17, 15) is 4.79 Å². The predicted octanol–water partition coefficient (Wildman–Crippen LogP) is 4.38. The fourth-order valence-electron chi connectivity index (χ4n) is 3.58. The maximum atomic E-state index is 12.8. The van der Waals surface area contributed by atoms with Gasteiger partial charge in [0.25, 0.3) is 5.91 Å². The standard InChI is InChI=1S/C23H20N6O/c30-23(21-13-16(9-11-25-21)18-5-3-10-24-14-18)27-19-6-1-4-17(12-19)22-28-26-15-29(22)20-7-2-8-20/h1,3-6,9-15,20H,2,7-8H2,(H,27,30). The Balaban J connectivity index is 1.37. The number of pyridine rings is 2. The molecule has 7 heteroatoms. The number of amides is 1. The van der Waals surface area contributed by atoms with Crippen LogP contribution in [0.2, 0.25) is 0 Å². The Morgan fingerprint density at radius 3 is 2.70 bits per heavy atom. The fraction of sp³-hybridized carbons (Fsp3) is 0.174. The van der Waals surface area contributed by atoms with Crippen molar-refractivity contribution in [2.24, 2.45) is 0 Å². The molecule has 3 aromatic heterocycles. The number of hydrogen-bond donors (Lipinski definition) is 1. The summed E-state index contributed by atoms with van der Waals surface area (Å²) in [5.74, 6) is 0.561. The van der Waals surface area contributed by atoms with Crippen LogP contribution in [0.15, 0.2) is 73.4 Å². The second-order valence-corrected chi connectivity index (χ2v) is 7.35. The molecule has 0 bridgehead atoms. The van der Waals surface area contributed by atoms with Crippen molar-refractivity contribution in [2.75, 3.05) is 5.32 Å². The molecule has 1 fully saturated rings. The summed E-state index contributed by atoms with van der Waals surface area (Å²) in [6.45, 7) is 0. The molecule has 1 amide bonds. The van der Waals surface area contributed by atoms with Gasteiger partial charge in [0, 0.05) is 41.4 Å². The highest BCUT2D eigenvalue weighted by molar-refractivity contribution is 6.03. The van der Waals surface area contributed by atoms with Gasteiger partial charge >= 0.3 is 0 Å². The van der Waals surface area contributed by atoms with Crippen molar-refractivity contribution in [3.05, 3.63) is 79.1 Å². The number of anilines is 1. The number of hydrogen-bond acceptors (Lipinski definition) is 5. The molecule has 0 spiro atoms. The second kappa shape index (κ2) is 7.87. The van der Waals surface area contributed by atoms with Crippen LogP contribution in [0, 0.1) is 0 Å². The topological polar surface area (TPSA) is 85.6 Å². The average Bonchev–Trinajstić information content (AvgIpc) is 3.22. The second-order valence-electron chi connectivity index (χ2n) is 7.35. The molecule has 1 saturated carbocycles. The molecule has 1 aromatic carbocycles. The lowest BCUT2D eigenvalue weighted by Gasteiger charge is -2.27. The summed E-state index contributed by atoms with van der Waals surface area (Å²) in [7, 11) is 0. The van der Waals surface area contributed by atoms with Crippen LogP contribution in [0.5, 0.6) is 0 Å². The third kappa shape index (κ3) is 3.57. The monoisotopic (exact) mass is 396 g/mol. The van der Waals surface area contributed by atoms with Crippen LogP contribution in [-0.4, -0.2) is 30.6 Å². The van der Waals surface area contributed by atoms with Crippen molar-refractivity contribution in [3.8, 4) is 22.5 Å². The number of carbonyl (C=O) groups excluding carboxylic acids is 1. The molecule has 30 heavy (non-hydrogen) atoms. The van der Waals surface area contributed by atoms with Crippen LogP contribution < -0.4 is 5.32 Å². The van der Waals surface area contributed by atoms with Crippen molar-refractivity contribution in [3.63, 3.8) is 0 Å². The van der Waals surface area contributed by atoms with Gasteiger partial charge in [-0.25, -0.2) is 0 Å². The van der Waals surface area contributed by atoms with E-state index >= 15 is 0 Å². The molecule has 3 heterocycles. The molecule has 5 rings (SSSR count). The maximum Gasteiger partial charge on any atom is 0.274 e. The van der Waals surface area contributed by atoms with E-state index in [1.807, 2.05) is 42.5 Å². The van der Waals surface area contributed by atoms with E-state index in [1.54, 1.807) is 31.0 Å². The molecular formula is C23H20N6O. The van der Waals surface area contributed by atoms with Gasteiger partial charge in [-0.1, -0.05) is 18.2 Å². The summed E-state index contributed by atoms with van der Waals surface area (Å²) in [6.07, 6.45) is 10.5. The molecule has 0 atom stereocenters. The first kappa shape index (κ1) is 18.2. The largest absolute Gasteiger partial charge is 0.321 e.